The van der Waals surface area contributed by atoms with Gasteiger partial charge in [0.15, 0.2) is 0 Å². The monoisotopic (exact) mass is 204 g/mol. The van der Waals surface area contributed by atoms with Crippen LogP contribution < -0.4 is 4.90 Å². The lowest BCUT2D eigenvalue weighted by molar-refractivity contribution is 0.360. The molecule has 1 fully saturated rings. The number of rotatable bonds is 1. The number of benzene rings is 1. The molecule has 0 aromatic heterocycles. The Morgan fingerprint density at radius 3 is 2.73 bits per heavy atom. The number of nitrogens with zero attached hydrogens (tertiary/aromatic N) is 2. The zero-order valence-corrected chi connectivity index (χ0v) is 9.74. The first-order valence-corrected chi connectivity index (χ1v) is 5.76. The van der Waals surface area contributed by atoms with Crippen molar-refractivity contribution in [3.8, 4) is 0 Å². The van der Waals surface area contributed by atoms with E-state index in [4.69, 9.17) is 0 Å². The van der Waals surface area contributed by atoms with Gasteiger partial charge in [-0.1, -0.05) is 12.1 Å². The SMILES string of the molecule is Cc1cccc(N2CCCN(C)CC2)c1. The summed E-state index contributed by atoms with van der Waals surface area (Å²) in [5, 5.41) is 0. The number of likely N-dealkylation sites (N-methyl/N-ethyl adjacent to an activating group) is 1. The topological polar surface area (TPSA) is 6.48 Å². The zero-order valence-electron chi connectivity index (χ0n) is 9.74. The molecule has 1 aliphatic heterocycles. The quantitative estimate of drug-likeness (QED) is 0.691. The molecule has 0 spiro atoms. The predicted molar refractivity (Wildman–Crippen MR) is 65.5 cm³/mol. The standard InChI is InChI=1S/C13H20N2/c1-12-5-3-6-13(11-12)15-8-4-7-14(2)9-10-15/h3,5-6,11H,4,7-10H2,1-2H3. The maximum Gasteiger partial charge on any atom is 0.0369 e. The smallest absolute Gasteiger partial charge is 0.0369 e. The Labute approximate surface area is 92.5 Å². The van der Waals surface area contributed by atoms with Crippen LogP contribution in [-0.2, 0) is 0 Å². The summed E-state index contributed by atoms with van der Waals surface area (Å²) in [5.41, 5.74) is 2.73. The summed E-state index contributed by atoms with van der Waals surface area (Å²) in [6.07, 6.45) is 1.27. The Hall–Kier alpha value is -1.02. The van der Waals surface area contributed by atoms with Gasteiger partial charge in [0.25, 0.3) is 0 Å². The van der Waals surface area contributed by atoms with Crippen LogP contribution in [0.5, 0.6) is 0 Å². The maximum atomic E-state index is 2.50. The lowest BCUT2D eigenvalue weighted by atomic mass is 10.2. The average Bonchev–Trinajstić information content (AvgIpc) is 2.43. The van der Waals surface area contributed by atoms with Crippen LogP contribution in [0.3, 0.4) is 0 Å². The summed E-state index contributed by atoms with van der Waals surface area (Å²) in [5.74, 6) is 0. The fraction of sp³-hybridized carbons (Fsp3) is 0.538. The van der Waals surface area contributed by atoms with E-state index in [-0.39, 0.29) is 0 Å². The third-order valence-corrected chi connectivity index (χ3v) is 3.09. The van der Waals surface area contributed by atoms with Crippen molar-refractivity contribution in [3.05, 3.63) is 29.8 Å². The molecule has 0 saturated carbocycles. The van der Waals surface area contributed by atoms with E-state index in [0.717, 1.165) is 6.54 Å². The highest BCUT2D eigenvalue weighted by molar-refractivity contribution is 5.48. The Bertz CT molecular complexity index is 322. The number of aryl methyl sites for hydroxylation is 1. The Kier molecular flexibility index (Phi) is 3.27. The molecule has 0 amide bonds. The van der Waals surface area contributed by atoms with E-state index in [1.807, 2.05) is 0 Å². The lowest BCUT2D eigenvalue weighted by Crippen LogP contribution is -2.28. The van der Waals surface area contributed by atoms with E-state index < -0.39 is 0 Å². The molecular formula is C13H20N2. The van der Waals surface area contributed by atoms with Gasteiger partial charge in [-0.25, -0.2) is 0 Å². The molecule has 1 aromatic rings. The number of hydrogen-bond donors (Lipinski definition) is 0. The van der Waals surface area contributed by atoms with Crippen molar-refractivity contribution in [2.45, 2.75) is 13.3 Å². The van der Waals surface area contributed by atoms with Gasteiger partial charge in [-0.3, -0.25) is 0 Å². The van der Waals surface area contributed by atoms with Crippen LogP contribution in [0.4, 0.5) is 5.69 Å². The van der Waals surface area contributed by atoms with Crippen LogP contribution in [0.2, 0.25) is 0 Å². The van der Waals surface area contributed by atoms with Crippen molar-refractivity contribution in [3.63, 3.8) is 0 Å². The third-order valence-electron chi connectivity index (χ3n) is 3.09. The summed E-state index contributed by atoms with van der Waals surface area (Å²) in [4.78, 5) is 4.91. The molecule has 2 rings (SSSR count). The summed E-state index contributed by atoms with van der Waals surface area (Å²) in [6, 6.07) is 8.82. The van der Waals surface area contributed by atoms with Gasteiger partial charge < -0.3 is 9.80 Å². The molecule has 15 heavy (non-hydrogen) atoms. The molecule has 1 aliphatic rings. The van der Waals surface area contributed by atoms with Crippen molar-refractivity contribution in [1.82, 2.24) is 4.90 Å². The molecule has 0 bridgehead atoms. The minimum absolute atomic E-state index is 1.15. The van der Waals surface area contributed by atoms with E-state index in [2.05, 4.69) is 48.0 Å². The number of hydrogen-bond acceptors (Lipinski definition) is 2. The highest BCUT2D eigenvalue weighted by Crippen LogP contribution is 2.17. The third kappa shape index (κ3) is 2.72. The van der Waals surface area contributed by atoms with E-state index in [1.54, 1.807) is 0 Å². The highest BCUT2D eigenvalue weighted by atomic mass is 15.2. The van der Waals surface area contributed by atoms with Crippen molar-refractivity contribution in [2.75, 3.05) is 38.1 Å². The molecule has 1 heterocycles. The van der Waals surface area contributed by atoms with Crippen molar-refractivity contribution >= 4 is 5.69 Å². The largest absolute Gasteiger partial charge is 0.370 e. The summed E-state index contributed by atoms with van der Waals surface area (Å²) in [6.45, 7) is 6.90. The van der Waals surface area contributed by atoms with Crippen LogP contribution in [-0.4, -0.2) is 38.1 Å². The Balaban J connectivity index is 2.09. The molecule has 0 unspecified atom stereocenters. The number of anilines is 1. The molecule has 0 atom stereocenters. The lowest BCUT2D eigenvalue weighted by Gasteiger charge is -2.23. The maximum absolute atomic E-state index is 2.50. The van der Waals surface area contributed by atoms with Crippen LogP contribution in [0.25, 0.3) is 0 Å². The van der Waals surface area contributed by atoms with Gasteiger partial charge in [-0.15, -0.1) is 0 Å². The van der Waals surface area contributed by atoms with Gasteiger partial charge in [0.1, 0.15) is 0 Å². The molecule has 2 heteroatoms. The zero-order chi connectivity index (χ0) is 10.7. The molecule has 82 valence electrons. The van der Waals surface area contributed by atoms with E-state index in [0.29, 0.717) is 0 Å². The molecule has 0 N–H and O–H groups in total. The molecule has 2 nitrogen and oxygen atoms in total. The van der Waals surface area contributed by atoms with Crippen molar-refractivity contribution in [2.24, 2.45) is 0 Å². The van der Waals surface area contributed by atoms with Gasteiger partial charge in [-0.05, 0) is 44.6 Å². The van der Waals surface area contributed by atoms with Crippen molar-refractivity contribution < 1.29 is 0 Å². The first-order valence-electron chi connectivity index (χ1n) is 5.76. The normalized spacial score (nSPS) is 18.9. The second-order valence-electron chi connectivity index (χ2n) is 4.48. The molecule has 0 aliphatic carbocycles. The summed E-state index contributed by atoms with van der Waals surface area (Å²) in [7, 11) is 2.21. The Morgan fingerprint density at radius 2 is 1.93 bits per heavy atom. The molecule has 0 radical (unpaired) electrons. The van der Waals surface area contributed by atoms with Gasteiger partial charge in [0, 0.05) is 25.3 Å². The minimum Gasteiger partial charge on any atom is -0.370 e. The molecule has 1 aromatic carbocycles. The van der Waals surface area contributed by atoms with Gasteiger partial charge in [-0.2, -0.15) is 0 Å². The van der Waals surface area contributed by atoms with Crippen LogP contribution in [0, 0.1) is 6.92 Å². The highest BCUT2D eigenvalue weighted by Gasteiger charge is 2.12. The second kappa shape index (κ2) is 4.67. The summed E-state index contributed by atoms with van der Waals surface area (Å²) >= 11 is 0. The average molecular weight is 204 g/mol. The molecular weight excluding hydrogens is 184 g/mol. The van der Waals surface area contributed by atoms with Crippen LogP contribution >= 0.6 is 0 Å². The van der Waals surface area contributed by atoms with Crippen LogP contribution in [0.1, 0.15) is 12.0 Å². The first-order chi connectivity index (χ1) is 7.25. The van der Waals surface area contributed by atoms with Gasteiger partial charge in [0.05, 0.1) is 0 Å². The fourth-order valence-electron chi connectivity index (χ4n) is 2.13. The minimum atomic E-state index is 1.15. The van der Waals surface area contributed by atoms with Gasteiger partial charge in [0.2, 0.25) is 0 Å². The summed E-state index contributed by atoms with van der Waals surface area (Å²) < 4.78 is 0. The fourth-order valence-corrected chi connectivity index (χ4v) is 2.13. The van der Waals surface area contributed by atoms with Gasteiger partial charge >= 0.3 is 0 Å². The first kappa shape index (κ1) is 10.5. The van der Waals surface area contributed by atoms with E-state index >= 15 is 0 Å². The molecule has 1 saturated heterocycles. The van der Waals surface area contributed by atoms with Crippen LogP contribution in [0.15, 0.2) is 24.3 Å². The Morgan fingerprint density at radius 1 is 1.07 bits per heavy atom. The van der Waals surface area contributed by atoms with E-state index in [9.17, 15) is 0 Å². The predicted octanol–water partition coefficient (Wildman–Crippen LogP) is 2.14. The second-order valence-corrected chi connectivity index (χ2v) is 4.48. The van der Waals surface area contributed by atoms with E-state index in [1.165, 1.54) is 37.3 Å². The van der Waals surface area contributed by atoms with Crippen molar-refractivity contribution in [1.29, 1.82) is 0 Å².